The second kappa shape index (κ2) is 7.38. The first-order valence-electron chi connectivity index (χ1n) is 7.59. The molecule has 0 aliphatic carbocycles. The summed E-state index contributed by atoms with van der Waals surface area (Å²) >= 11 is 0. The van der Waals surface area contributed by atoms with Gasteiger partial charge in [0.25, 0.3) is 0 Å². The number of hydrogen-bond donors (Lipinski definition) is 0. The van der Waals surface area contributed by atoms with E-state index >= 15 is 0 Å². The summed E-state index contributed by atoms with van der Waals surface area (Å²) in [6.45, 7) is 13.5. The minimum atomic E-state index is -1.60. The SMILES string of the molecule is CCOC(=O)c1ccc(CC[Si](C)(C)O[Si](C)(C)C)cc1. The van der Waals surface area contributed by atoms with Gasteiger partial charge < -0.3 is 8.85 Å². The Morgan fingerprint density at radius 2 is 1.62 bits per heavy atom. The highest BCUT2D eigenvalue weighted by Crippen LogP contribution is 2.20. The van der Waals surface area contributed by atoms with Crippen LogP contribution < -0.4 is 0 Å². The Morgan fingerprint density at radius 1 is 1.05 bits per heavy atom. The monoisotopic (exact) mass is 324 g/mol. The maximum atomic E-state index is 11.6. The molecule has 0 N–H and O–H groups in total. The van der Waals surface area contributed by atoms with Crippen LogP contribution in [0.5, 0.6) is 0 Å². The average Bonchev–Trinajstić information content (AvgIpc) is 2.34. The van der Waals surface area contributed by atoms with Crippen molar-refractivity contribution in [2.24, 2.45) is 0 Å². The first kappa shape index (κ1) is 18.1. The lowest BCUT2D eigenvalue weighted by Crippen LogP contribution is -2.42. The van der Waals surface area contributed by atoms with Gasteiger partial charge in [0.05, 0.1) is 12.2 Å². The first-order chi connectivity index (χ1) is 9.63. The molecule has 0 fully saturated rings. The predicted octanol–water partition coefficient (Wildman–Crippen LogP) is 4.46. The highest BCUT2D eigenvalue weighted by Gasteiger charge is 2.29. The van der Waals surface area contributed by atoms with Crippen molar-refractivity contribution < 1.29 is 13.6 Å². The molecular weight excluding hydrogens is 296 g/mol. The molecule has 5 heteroatoms. The van der Waals surface area contributed by atoms with Crippen LogP contribution in [0.15, 0.2) is 24.3 Å². The highest BCUT2D eigenvalue weighted by molar-refractivity contribution is 6.84. The van der Waals surface area contributed by atoms with E-state index in [1.165, 1.54) is 5.56 Å². The van der Waals surface area contributed by atoms with Crippen LogP contribution in [-0.4, -0.2) is 29.2 Å². The van der Waals surface area contributed by atoms with E-state index in [0.717, 1.165) is 12.5 Å². The quantitative estimate of drug-likeness (QED) is 0.548. The van der Waals surface area contributed by atoms with E-state index in [1.807, 2.05) is 31.2 Å². The summed E-state index contributed by atoms with van der Waals surface area (Å²) in [6, 6.07) is 8.84. The van der Waals surface area contributed by atoms with Crippen molar-refractivity contribution in [3.8, 4) is 0 Å². The number of esters is 1. The van der Waals surface area contributed by atoms with Crippen molar-refractivity contribution in [3.63, 3.8) is 0 Å². The van der Waals surface area contributed by atoms with Crippen LogP contribution in [0.4, 0.5) is 0 Å². The smallest absolute Gasteiger partial charge is 0.338 e. The molecule has 1 rings (SSSR count). The van der Waals surface area contributed by atoms with Gasteiger partial charge >= 0.3 is 5.97 Å². The molecule has 118 valence electrons. The molecule has 0 spiro atoms. The number of rotatable bonds is 7. The number of hydrogen-bond acceptors (Lipinski definition) is 3. The second-order valence-corrected chi connectivity index (χ2v) is 16.0. The van der Waals surface area contributed by atoms with Crippen molar-refractivity contribution in [1.82, 2.24) is 0 Å². The summed E-state index contributed by atoms with van der Waals surface area (Å²) in [4.78, 5) is 11.6. The van der Waals surface area contributed by atoms with Gasteiger partial charge in [-0.25, -0.2) is 4.79 Å². The Morgan fingerprint density at radius 3 is 2.10 bits per heavy atom. The van der Waals surface area contributed by atoms with Gasteiger partial charge in [-0.05, 0) is 69.8 Å². The zero-order valence-electron chi connectivity index (χ0n) is 14.2. The topological polar surface area (TPSA) is 35.5 Å². The number of carbonyl (C=O) groups is 1. The summed E-state index contributed by atoms with van der Waals surface area (Å²) in [6.07, 6.45) is 1.01. The zero-order valence-corrected chi connectivity index (χ0v) is 16.2. The van der Waals surface area contributed by atoms with E-state index in [4.69, 9.17) is 8.85 Å². The third-order valence-corrected chi connectivity index (χ3v) is 9.18. The number of benzene rings is 1. The normalized spacial score (nSPS) is 12.3. The molecule has 21 heavy (non-hydrogen) atoms. The van der Waals surface area contributed by atoms with Gasteiger partial charge in [0, 0.05) is 0 Å². The Labute approximate surface area is 130 Å². The molecule has 0 unspecified atom stereocenters. The Balaban J connectivity index is 2.58. The van der Waals surface area contributed by atoms with Crippen molar-refractivity contribution in [3.05, 3.63) is 35.4 Å². The van der Waals surface area contributed by atoms with Crippen molar-refractivity contribution in [2.75, 3.05) is 6.61 Å². The Kier molecular flexibility index (Phi) is 6.37. The average molecular weight is 325 g/mol. The summed E-state index contributed by atoms with van der Waals surface area (Å²) in [7, 11) is -3.06. The van der Waals surface area contributed by atoms with Gasteiger partial charge in [0.1, 0.15) is 0 Å². The molecule has 0 aliphatic heterocycles. The molecular formula is C16H28O3Si2. The summed E-state index contributed by atoms with van der Waals surface area (Å²) in [5.41, 5.74) is 1.87. The van der Waals surface area contributed by atoms with E-state index in [1.54, 1.807) is 0 Å². The lowest BCUT2D eigenvalue weighted by atomic mass is 10.1. The summed E-state index contributed by atoms with van der Waals surface area (Å²) in [5.74, 6) is -0.249. The first-order valence-corrected chi connectivity index (χ1v) is 14.1. The molecule has 0 bridgehead atoms. The van der Waals surface area contributed by atoms with Crippen LogP contribution >= 0.6 is 0 Å². The van der Waals surface area contributed by atoms with Gasteiger partial charge in [-0.15, -0.1) is 0 Å². The van der Waals surface area contributed by atoms with Crippen LogP contribution in [0.2, 0.25) is 38.8 Å². The van der Waals surface area contributed by atoms with Crippen molar-refractivity contribution in [1.29, 1.82) is 0 Å². The molecule has 3 nitrogen and oxygen atoms in total. The molecule has 0 amide bonds. The van der Waals surface area contributed by atoms with Gasteiger partial charge in [-0.2, -0.15) is 0 Å². The fourth-order valence-corrected chi connectivity index (χ4v) is 10.3. The van der Waals surface area contributed by atoms with Crippen molar-refractivity contribution >= 4 is 22.6 Å². The molecule has 0 aliphatic rings. The Bertz CT molecular complexity index is 461. The molecule has 0 saturated carbocycles. The minimum Gasteiger partial charge on any atom is -0.462 e. The maximum Gasteiger partial charge on any atom is 0.338 e. The van der Waals surface area contributed by atoms with Gasteiger partial charge in [0.15, 0.2) is 16.6 Å². The van der Waals surface area contributed by atoms with Crippen LogP contribution in [0.25, 0.3) is 0 Å². The number of ether oxygens (including phenoxy) is 1. The van der Waals surface area contributed by atoms with Gasteiger partial charge in [-0.1, -0.05) is 12.1 Å². The van der Waals surface area contributed by atoms with Crippen LogP contribution in [0.3, 0.4) is 0 Å². The van der Waals surface area contributed by atoms with E-state index in [-0.39, 0.29) is 5.97 Å². The van der Waals surface area contributed by atoms with Crippen LogP contribution in [0.1, 0.15) is 22.8 Å². The summed E-state index contributed by atoms with van der Waals surface area (Å²) in [5, 5.41) is 0. The fraction of sp³-hybridized carbons (Fsp3) is 0.562. The molecule has 0 saturated heterocycles. The molecule has 0 atom stereocenters. The molecule has 1 aromatic rings. The lowest BCUT2D eigenvalue weighted by molar-refractivity contribution is 0.0526. The molecule has 1 aromatic carbocycles. The van der Waals surface area contributed by atoms with E-state index in [2.05, 4.69) is 32.7 Å². The van der Waals surface area contributed by atoms with E-state index in [9.17, 15) is 4.79 Å². The largest absolute Gasteiger partial charge is 0.462 e. The zero-order chi connectivity index (χ0) is 16.1. The highest BCUT2D eigenvalue weighted by atomic mass is 28.4. The molecule has 0 aromatic heterocycles. The van der Waals surface area contributed by atoms with E-state index < -0.39 is 16.6 Å². The van der Waals surface area contributed by atoms with Crippen LogP contribution in [-0.2, 0) is 15.3 Å². The lowest BCUT2D eigenvalue weighted by Gasteiger charge is -2.31. The third kappa shape index (κ3) is 7.06. The van der Waals surface area contributed by atoms with Gasteiger partial charge in [-0.3, -0.25) is 0 Å². The number of carbonyl (C=O) groups excluding carboxylic acids is 1. The summed E-state index contributed by atoms with van der Waals surface area (Å²) < 4.78 is 11.3. The predicted molar refractivity (Wildman–Crippen MR) is 92.8 cm³/mol. The molecule has 0 radical (unpaired) electrons. The number of aryl methyl sites for hydroxylation is 1. The third-order valence-electron chi connectivity index (χ3n) is 3.06. The van der Waals surface area contributed by atoms with E-state index in [0.29, 0.717) is 12.2 Å². The molecule has 0 heterocycles. The Hall–Kier alpha value is -0.916. The van der Waals surface area contributed by atoms with Crippen LogP contribution in [0, 0.1) is 0 Å². The minimum absolute atomic E-state index is 0.249. The maximum absolute atomic E-state index is 11.6. The van der Waals surface area contributed by atoms with Gasteiger partial charge in [0.2, 0.25) is 0 Å². The van der Waals surface area contributed by atoms with Crippen molar-refractivity contribution in [2.45, 2.75) is 52.1 Å². The fourth-order valence-electron chi connectivity index (χ4n) is 2.35. The second-order valence-electron chi connectivity index (χ2n) is 6.89. The standard InChI is InChI=1S/C16H28O3Si2/c1-7-18-16(17)15-10-8-14(9-11-15)12-13-21(5,6)19-20(2,3)4/h8-11H,7,12-13H2,1-6H3.